The van der Waals surface area contributed by atoms with Gasteiger partial charge in [0.2, 0.25) is 0 Å². The van der Waals surface area contributed by atoms with Crippen LogP contribution in [0.15, 0.2) is 0 Å². The van der Waals surface area contributed by atoms with Crippen molar-refractivity contribution in [1.82, 2.24) is 4.98 Å². The summed E-state index contributed by atoms with van der Waals surface area (Å²) < 4.78 is 0. The lowest BCUT2D eigenvalue weighted by Crippen LogP contribution is -2.55. The highest BCUT2D eigenvalue weighted by molar-refractivity contribution is 6.79. The van der Waals surface area contributed by atoms with Gasteiger partial charge in [0.25, 0.3) is 0 Å². The van der Waals surface area contributed by atoms with Gasteiger partial charge >= 0.3 is 0 Å². The van der Waals surface area contributed by atoms with Crippen LogP contribution in [0, 0.1) is 17.8 Å². The summed E-state index contributed by atoms with van der Waals surface area (Å²) in [5.74, 6) is 2.46. The third-order valence-corrected chi connectivity index (χ3v) is 10.6. The molecule has 0 spiro atoms. The van der Waals surface area contributed by atoms with Crippen molar-refractivity contribution < 1.29 is 0 Å². The van der Waals surface area contributed by atoms with Crippen LogP contribution < -0.4 is 4.98 Å². The number of nitrogens with one attached hydrogen (secondary N) is 1. The Kier molecular flexibility index (Phi) is 7.66. The smallest absolute Gasteiger partial charge is 0.129 e. The van der Waals surface area contributed by atoms with Crippen LogP contribution in [0.5, 0.6) is 0 Å². The van der Waals surface area contributed by atoms with Crippen molar-refractivity contribution in [1.29, 1.82) is 0 Å². The fraction of sp³-hybridized carbons (Fsp3) is 1.00. The number of hydrogen-bond acceptors (Lipinski definition) is 1. The maximum absolute atomic E-state index is 3.85. The molecule has 0 amide bonds. The molecule has 0 bridgehead atoms. The van der Waals surface area contributed by atoms with E-state index < -0.39 is 8.24 Å². The normalized spacial score (nSPS) is 15.0. The first-order valence-corrected chi connectivity index (χ1v) is 9.97. The molecular weight excluding hydrogens is 222 g/mol. The first-order chi connectivity index (χ1) is 7.79. The second kappa shape index (κ2) is 7.58. The summed E-state index contributed by atoms with van der Waals surface area (Å²) in [6, 6.07) is 2.86. The first-order valence-electron chi connectivity index (χ1n) is 7.48. The van der Waals surface area contributed by atoms with E-state index in [1.54, 1.807) is 0 Å². The minimum Gasteiger partial charge on any atom is -0.340 e. The summed E-state index contributed by atoms with van der Waals surface area (Å²) in [4.78, 5) is 3.85. The lowest BCUT2D eigenvalue weighted by Gasteiger charge is -2.43. The summed E-state index contributed by atoms with van der Waals surface area (Å²) in [6.07, 6.45) is 1.34. The third-order valence-electron chi connectivity index (χ3n) is 4.00. The van der Waals surface area contributed by atoms with Crippen molar-refractivity contribution in [3.05, 3.63) is 0 Å². The molecule has 0 saturated carbocycles. The molecule has 0 rings (SSSR count). The zero-order valence-electron chi connectivity index (χ0n) is 13.4. The van der Waals surface area contributed by atoms with Gasteiger partial charge in [-0.1, -0.05) is 54.9 Å². The zero-order chi connectivity index (χ0) is 13.6. The molecule has 0 heterocycles. The molecule has 0 saturated heterocycles. The summed E-state index contributed by atoms with van der Waals surface area (Å²) in [7, 11) is 0.886. The maximum atomic E-state index is 3.85. The van der Waals surface area contributed by atoms with Gasteiger partial charge in [0.1, 0.15) is 8.24 Å². The Hall–Kier alpha value is 0.177. The fourth-order valence-electron chi connectivity index (χ4n) is 3.73. The van der Waals surface area contributed by atoms with Gasteiger partial charge in [-0.2, -0.15) is 0 Å². The molecular formula is C15H35NSi. The van der Waals surface area contributed by atoms with Gasteiger partial charge < -0.3 is 4.98 Å². The van der Waals surface area contributed by atoms with Crippen LogP contribution in [-0.2, 0) is 0 Å². The molecule has 2 heteroatoms. The molecule has 0 aromatic heterocycles. The standard InChI is InChI=1S/C15H35NSi/c1-9-15(14(6)7)17(16-8,10-12(2)3)11-13(4)5/h12-16H,9-11H2,1-8H3. The van der Waals surface area contributed by atoms with Crippen LogP contribution in [0.25, 0.3) is 0 Å². The Morgan fingerprint density at radius 3 is 1.47 bits per heavy atom. The Bertz CT molecular complexity index is 189. The van der Waals surface area contributed by atoms with Crippen LogP contribution >= 0.6 is 0 Å². The van der Waals surface area contributed by atoms with Crippen LogP contribution in [-0.4, -0.2) is 15.3 Å². The van der Waals surface area contributed by atoms with Crippen molar-refractivity contribution in [3.63, 3.8) is 0 Å². The summed E-state index contributed by atoms with van der Waals surface area (Å²) in [6.45, 7) is 16.7. The van der Waals surface area contributed by atoms with E-state index in [9.17, 15) is 0 Å². The molecule has 0 radical (unpaired) electrons. The molecule has 104 valence electrons. The minimum atomic E-state index is -1.34. The van der Waals surface area contributed by atoms with E-state index in [0.29, 0.717) is 0 Å². The molecule has 0 aliphatic rings. The van der Waals surface area contributed by atoms with E-state index in [1.165, 1.54) is 18.5 Å². The molecule has 1 unspecified atom stereocenters. The van der Waals surface area contributed by atoms with Crippen molar-refractivity contribution in [2.24, 2.45) is 17.8 Å². The highest BCUT2D eigenvalue weighted by atomic mass is 28.3. The van der Waals surface area contributed by atoms with Crippen molar-refractivity contribution in [2.75, 3.05) is 7.05 Å². The third kappa shape index (κ3) is 5.13. The molecule has 0 fully saturated rings. The molecule has 1 N–H and O–H groups in total. The topological polar surface area (TPSA) is 12.0 Å². The van der Waals surface area contributed by atoms with Crippen LogP contribution in [0.1, 0.15) is 54.9 Å². The van der Waals surface area contributed by atoms with E-state index >= 15 is 0 Å². The average molecular weight is 258 g/mol. The van der Waals surface area contributed by atoms with Gasteiger partial charge in [-0.15, -0.1) is 0 Å². The highest BCUT2D eigenvalue weighted by Crippen LogP contribution is 2.39. The Balaban J connectivity index is 5.13. The van der Waals surface area contributed by atoms with Crippen LogP contribution in [0.2, 0.25) is 17.6 Å². The zero-order valence-corrected chi connectivity index (χ0v) is 14.4. The Morgan fingerprint density at radius 1 is 0.882 bits per heavy atom. The fourth-order valence-corrected chi connectivity index (χ4v) is 10.3. The van der Waals surface area contributed by atoms with Gasteiger partial charge in [0.15, 0.2) is 0 Å². The summed E-state index contributed by atoms with van der Waals surface area (Å²) >= 11 is 0. The first kappa shape index (κ1) is 17.2. The van der Waals surface area contributed by atoms with E-state index in [0.717, 1.165) is 23.3 Å². The highest BCUT2D eigenvalue weighted by Gasteiger charge is 2.41. The van der Waals surface area contributed by atoms with E-state index in [4.69, 9.17) is 0 Å². The van der Waals surface area contributed by atoms with E-state index in [1.807, 2.05) is 0 Å². The van der Waals surface area contributed by atoms with Crippen LogP contribution in [0.4, 0.5) is 0 Å². The van der Waals surface area contributed by atoms with Gasteiger partial charge in [-0.3, -0.25) is 0 Å². The van der Waals surface area contributed by atoms with Crippen molar-refractivity contribution in [2.45, 2.75) is 72.5 Å². The monoisotopic (exact) mass is 257 g/mol. The average Bonchev–Trinajstić information content (AvgIpc) is 2.15. The quantitative estimate of drug-likeness (QED) is 0.610. The van der Waals surface area contributed by atoms with Gasteiger partial charge in [-0.05, 0) is 42.4 Å². The molecule has 0 aliphatic carbocycles. The second-order valence-electron chi connectivity index (χ2n) is 6.86. The van der Waals surface area contributed by atoms with Gasteiger partial charge in [-0.25, -0.2) is 0 Å². The van der Waals surface area contributed by atoms with Crippen molar-refractivity contribution in [3.8, 4) is 0 Å². The van der Waals surface area contributed by atoms with E-state index in [2.05, 4.69) is 60.5 Å². The molecule has 0 aromatic rings. The molecule has 0 aromatic carbocycles. The predicted molar refractivity (Wildman–Crippen MR) is 83.0 cm³/mol. The van der Waals surface area contributed by atoms with Crippen molar-refractivity contribution >= 4 is 8.24 Å². The summed E-state index contributed by atoms with van der Waals surface area (Å²) in [5, 5.41) is 0. The second-order valence-corrected chi connectivity index (χ2v) is 11.2. The van der Waals surface area contributed by atoms with E-state index in [-0.39, 0.29) is 0 Å². The minimum absolute atomic E-state index is 0.816. The number of hydrogen-bond donors (Lipinski definition) is 1. The SMILES string of the molecule is CCC(C(C)C)[Si](CC(C)C)(CC(C)C)NC. The van der Waals surface area contributed by atoms with Crippen LogP contribution in [0.3, 0.4) is 0 Å². The molecule has 17 heavy (non-hydrogen) atoms. The lowest BCUT2D eigenvalue weighted by molar-refractivity contribution is 0.521. The Morgan fingerprint density at radius 2 is 1.29 bits per heavy atom. The summed E-state index contributed by atoms with van der Waals surface area (Å²) in [5.41, 5.74) is 0.914. The van der Waals surface area contributed by atoms with Gasteiger partial charge in [0, 0.05) is 0 Å². The lowest BCUT2D eigenvalue weighted by atomic mass is 10.1. The largest absolute Gasteiger partial charge is 0.340 e. The predicted octanol–water partition coefficient (Wildman–Crippen LogP) is 4.90. The van der Waals surface area contributed by atoms with Gasteiger partial charge in [0.05, 0.1) is 0 Å². The molecule has 1 atom stereocenters. The Labute approximate surface area is 111 Å². The number of rotatable bonds is 8. The molecule has 0 aliphatic heterocycles. The maximum Gasteiger partial charge on any atom is 0.129 e. The molecule has 1 nitrogen and oxygen atoms in total.